The van der Waals surface area contributed by atoms with Crippen LogP contribution in [0.15, 0.2) is 52.9 Å². The number of benzene rings is 2. The van der Waals surface area contributed by atoms with Gasteiger partial charge in [0, 0.05) is 23.5 Å². The highest BCUT2D eigenvalue weighted by Crippen LogP contribution is 2.33. The maximum atomic E-state index is 12.9. The third-order valence-corrected chi connectivity index (χ3v) is 6.43. The Bertz CT molecular complexity index is 1010. The maximum Gasteiger partial charge on any atom is 0.287 e. The summed E-state index contributed by atoms with van der Waals surface area (Å²) in [5.74, 6) is 0.919. The first-order valence-electron chi connectivity index (χ1n) is 10.4. The predicted molar refractivity (Wildman–Crippen MR) is 111 cm³/mol. The second-order valence-electron chi connectivity index (χ2n) is 8.06. The first kappa shape index (κ1) is 17.5. The third kappa shape index (κ3) is 3.02. The highest BCUT2D eigenvalue weighted by atomic mass is 16.3. The highest BCUT2D eigenvalue weighted by molar-refractivity contribution is 6.00. The van der Waals surface area contributed by atoms with E-state index in [0.717, 1.165) is 29.5 Å². The van der Waals surface area contributed by atoms with Gasteiger partial charge in [0.15, 0.2) is 5.76 Å². The highest BCUT2D eigenvalue weighted by Gasteiger charge is 2.35. The summed E-state index contributed by atoms with van der Waals surface area (Å²) < 4.78 is 6.11. The van der Waals surface area contributed by atoms with E-state index in [2.05, 4.69) is 47.5 Å². The Morgan fingerprint density at radius 2 is 1.89 bits per heavy atom. The molecule has 1 atom stereocenters. The van der Waals surface area contributed by atoms with Gasteiger partial charge in [-0.2, -0.15) is 0 Å². The normalized spacial score (nSPS) is 23.8. The van der Waals surface area contributed by atoms with Gasteiger partial charge in [-0.05, 0) is 55.5 Å². The fraction of sp³-hybridized carbons (Fsp3) is 0.375. The lowest BCUT2D eigenvalue weighted by atomic mass is 9.84. The molecule has 4 heteroatoms. The Balaban J connectivity index is 1.46. The molecule has 144 valence electrons. The van der Waals surface area contributed by atoms with Crippen molar-refractivity contribution in [1.29, 1.82) is 0 Å². The molecule has 1 amide bonds. The zero-order chi connectivity index (χ0) is 19.1. The Labute approximate surface area is 165 Å². The lowest BCUT2D eigenvalue weighted by Gasteiger charge is -2.44. The summed E-state index contributed by atoms with van der Waals surface area (Å²) in [6.07, 6.45) is 3.33. The van der Waals surface area contributed by atoms with E-state index in [1.54, 1.807) is 0 Å². The number of hydrogen-bond donors (Lipinski definition) is 1. The van der Waals surface area contributed by atoms with E-state index < -0.39 is 0 Å². The summed E-state index contributed by atoms with van der Waals surface area (Å²) in [4.78, 5) is 15.4. The maximum absolute atomic E-state index is 12.9. The molecule has 4 nitrogen and oxygen atoms in total. The summed E-state index contributed by atoms with van der Waals surface area (Å²) >= 11 is 0. The Kier molecular flexibility index (Phi) is 4.44. The number of aryl methyl sites for hydroxylation is 1. The molecule has 28 heavy (non-hydrogen) atoms. The molecule has 0 spiro atoms. The third-order valence-electron chi connectivity index (χ3n) is 6.43. The van der Waals surface area contributed by atoms with Crippen molar-refractivity contribution in [2.75, 3.05) is 19.6 Å². The van der Waals surface area contributed by atoms with Gasteiger partial charge in [-0.15, -0.1) is 0 Å². The Morgan fingerprint density at radius 3 is 2.64 bits per heavy atom. The van der Waals surface area contributed by atoms with Crippen molar-refractivity contribution in [3.05, 3.63) is 59.9 Å². The van der Waals surface area contributed by atoms with E-state index in [9.17, 15) is 4.79 Å². The van der Waals surface area contributed by atoms with Gasteiger partial charge < -0.3 is 14.6 Å². The molecule has 3 aliphatic heterocycles. The van der Waals surface area contributed by atoms with Gasteiger partial charge in [0.1, 0.15) is 5.58 Å². The number of para-hydroxylation sites is 1. The van der Waals surface area contributed by atoms with Crippen LogP contribution in [0.1, 0.15) is 35.9 Å². The molecular weight excluding hydrogens is 348 g/mol. The molecule has 0 unspecified atom stereocenters. The zero-order valence-corrected chi connectivity index (χ0v) is 16.3. The molecule has 3 aromatic rings. The average Bonchev–Trinajstić information content (AvgIpc) is 3.19. The van der Waals surface area contributed by atoms with Crippen molar-refractivity contribution in [2.24, 2.45) is 5.92 Å². The molecule has 2 bridgehead atoms. The van der Waals surface area contributed by atoms with Crippen molar-refractivity contribution in [2.45, 2.75) is 32.2 Å². The van der Waals surface area contributed by atoms with E-state index in [4.69, 9.17) is 4.42 Å². The molecule has 3 fully saturated rings. The van der Waals surface area contributed by atoms with Crippen LogP contribution >= 0.6 is 0 Å². The molecular formula is C24H26N2O2. The summed E-state index contributed by atoms with van der Waals surface area (Å²) in [6.45, 7) is 5.46. The van der Waals surface area contributed by atoms with Crippen molar-refractivity contribution in [3.63, 3.8) is 0 Å². The number of piperidine rings is 3. The number of rotatable bonds is 4. The molecule has 2 aromatic carbocycles. The van der Waals surface area contributed by atoms with Crippen LogP contribution in [0.4, 0.5) is 0 Å². The SMILES string of the molecule is CCc1ccccc1-c1cccc2cc(C(=O)N[C@H]3CN4CCC3CC4)oc12. The van der Waals surface area contributed by atoms with Gasteiger partial charge in [-0.25, -0.2) is 0 Å². The summed E-state index contributed by atoms with van der Waals surface area (Å²) in [7, 11) is 0. The second kappa shape index (κ2) is 7.10. The van der Waals surface area contributed by atoms with Gasteiger partial charge in [0.05, 0.1) is 0 Å². The number of fused-ring (bicyclic) bond motifs is 4. The molecule has 1 aromatic heterocycles. The number of carbonyl (C=O) groups is 1. The number of amides is 1. The second-order valence-corrected chi connectivity index (χ2v) is 8.06. The number of nitrogens with one attached hydrogen (secondary N) is 1. The van der Waals surface area contributed by atoms with Crippen molar-refractivity contribution in [1.82, 2.24) is 10.2 Å². The van der Waals surface area contributed by atoms with E-state index in [0.29, 0.717) is 11.7 Å². The average molecular weight is 374 g/mol. The van der Waals surface area contributed by atoms with Gasteiger partial charge in [-0.3, -0.25) is 4.79 Å². The molecule has 3 aliphatic rings. The molecule has 0 radical (unpaired) electrons. The van der Waals surface area contributed by atoms with Crippen LogP contribution < -0.4 is 5.32 Å². The number of hydrogen-bond acceptors (Lipinski definition) is 3. The zero-order valence-electron chi connectivity index (χ0n) is 16.3. The summed E-state index contributed by atoms with van der Waals surface area (Å²) in [5.41, 5.74) is 4.30. The van der Waals surface area contributed by atoms with Crippen molar-refractivity contribution in [3.8, 4) is 11.1 Å². The number of nitrogens with zero attached hydrogens (tertiary/aromatic N) is 1. The monoisotopic (exact) mass is 374 g/mol. The fourth-order valence-electron chi connectivity index (χ4n) is 4.85. The lowest BCUT2D eigenvalue weighted by molar-refractivity contribution is 0.0607. The van der Waals surface area contributed by atoms with E-state index in [1.807, 2.05) is 18.2 Å². The molecule has 1 N–H and O–H groups in total. The Hall–Kier alpha value is -2.59. The first-order chi connectivity index (χ1) is 13.7. The number of furan rings is 1. The summed E-state index contributed by atoms with van der Waals surface area (Å²) in [5, 5.41) is 4.21. The molecule has 4 heterocycles. The molecule has 0 saturated carbocycles. The largest absolute Gasteiger partial charge is 0.450 e. The van der Waals surface area contributed by atoms with Gasteiger partial charge >= 0.3 is 0 Å². The Morgan fingerprint density at radius 1 is 1.11 bits per heavy atom. The minimum Gasteiger partial charge on any atom is -0.450 e. The topological polar surface area (TPSA) is 45.5 Å². The number of carbonyl (C=O) groups excluding carboxylic acids is 1. The van der Waals surface area contributed by atoms with Crippen LogP contribution in [0, 0.1) is 5.92 Å². The standard InChI is InChI=1S/C24H26N2O2/c1-2-16-6-3-4-8-19(16)20-9-5-7-18-14-22(28-23(18)20)24(27)25-21-15-26-12-10-17(21)11-13-26/h3-9,14,17,21H,2,10-13,15H2,1H3,(H,25,27)/t21-/m0/s1. The minimum absolute atomic E-state index is 0.0929. The van der Waals surface area contributed by atoms with Crippen LogP contribution in [-0.4, -0.2) is 36.5 Å². The van der Waals surface area contributed by atoms with Gasteiger partial charge in [0.25, 0.3) is 5.91 Å². The van der Waals surface area contributed by atoms with Crippen LogP contribution in [0.25, 0.3) is 22.1 Å². The summed E-state index contributed by atoms with van der Waals surface area (Å²) in [6, 6.07) is 16.6. The minimum atomic E-state index is -0.0929. The van der Waals surface area contributed by atoms with Crippen molar-refractivity contribution < 1.29 is 9.21 Å². The van der Waals surface area contributed by atoms with Crippen LogP contribution in [-0.2, 0) is 6.42 Å². The smallest absolute Gasteiger partial charge is 0.287 e. The van der Waals surface area contributed by atoms with E-state index in [1.165, 1.54) is 37.1 Å². The van der Waals surface area contributed by atoms with Gasteiger partial charge in [-0.1, -0.05) is 49.4 Å². The van der Waals surface area contributed by atoms with E-state index >= 15 is 0 Å². The fourth-order valence-corrected chi connectivity index (χ4v) is 4.85. The van der Waals surface area contributed by atoms with Gasteiger partial charge in [0.2, 0.25) is 0 Å². The quantitative estimate of drug-likeness (QED) is 0.732. The molecule has 0 aliphatic carbocycles. The lowest BCUT2D eigenvalue weighted by Crippen LogP contribution is -2.57. The van der Waals surface area contributed by atoms with Crippen LogP contribution in [0.2, 0.25) is 0 Å². The van der Waals surface area contributed by atoms with Crippen LogP contribution in [0.5, 0.6) is 0 Å². The first-order valence-corrected chi connectivity index (χ1v) is 10.4. The van der Waals surface area contributed by atoms with E-state index in [-0.39, 0.29) is 11.9 Å². The molecule has 6 rings (SSSR count). The predicted octanol–water partition coefficient (Wildman–Crippen LogP) is 4.49. The van der Waals surface area contributed by atoms with Crippen LogP contribution in [0.3, 0.4) is 0 Å². The molecule has 3 saturated heterocycles. The van der Waals surface area contributed by atoms with Crippen molar-refractivity contribution >= 4 is 16.9 Å².